The first kappa shape index (κ1) is 23.1. The van der Waals surface area contributed by atoms with Crippen LogP contribution < -0.4 is 9.64 Å². The van der Waals surface area contributed by atoms with Gasteiger partial charge in [-0.3, -0.25) is 24.6 Å². The van der Waals surface area contributed by atoms with E-state index in [9.17, 15) is 24.8 Å². The summed E-state index contributed by atoms with van der Waals surface area (Å²) in [6.07, 6.45) is -0.0472. The Morgan fingerprint density at radius 2 is 1.88 bits per heavy atom. The fourth-order valence-corrected chi connectivity index (χ4v) is 4.37. The predicted octanol–water partition coefficient (Wildman–Crippen LogP) is 4.17. The highest BCUT2D eigenvalue weighted by Crippen LogP contribution is 2.43. The fraction of sp³-hybridized carbons (Fsp3) is 0.217. The van der Waals surface area contributed by atoms with E-state index in [4.69, 9.17) is 4.74 Å². The number of nitrogens with zero attached hydrogens (tertiary/aromatic N) is 4. The number of aromatic nitrogens is 2. The Morgan fingerprint density at radius 1 is 1.18 bits per heavy atom. The summed E-state index contributed by atoms with van der Waals surface area (Å²) in [5.74, 6) is -1.67. The van der Waals surface area contributed by atoms with Crippen LogP contribution in [0.15, 0.2) is 54.1 Å². The van der Waals surface area contributed by atoms with E-state index in [0.29, 0.717) is 10.8 Å². The third kappa shape index (κ3) is 4.25. The Balaban J connectivity index is 1.88. The van der Waals surface area contributed by atoms with Crippen molar-refractivity contribution in [2.45, 2.75) is 32.9 Å². The van der Waals surface area contributed by atoms with Crippen LogP contribution in [0, 0.1) is 17.0 Å². The van der Waals surface area contributed by atoms with Crippen molar-refractivity contribution in [1.29, 1.82) is 0 Å². The normalized spacial score (nSPS) is 17.4. The lowest BCUT2D eigenvalue weighted by atomic mass is 9.95. The van der Waals surface area contributed by atoms with Gasteiger partial charge in [-0.25, -0.2) is 0 Å². The molecule has 1 atom stereocenters. The molecule has 0 radical (unpaired) electrons. The summed E-state index contributed by atoms with van der Waals surface area (Å²) in [4.78, 5) is 38.1. The van der Waals surface area contributed by atoms with Crippen molar-refractivity contribution >= 4 is 39.6 Å². The smallest absolute Gasteiger partial charge is 0.301 e. The Kier molecular flexibility index (Phi) is 6.12. The van der Waals surface area contributed by atoms with Crippen LogP contribution in [0.1, 0.15) is 36.0 Å². The molecule has 3 aromatic rings. The number of anilines is 1. The summed E-state index contributed by atoms with van der Waals surface area (Å²) in [5, 5.41) is 31.1. The molecule has 1 aliphatic heterocycles. The fourth-order valence-electron chi connectivity index (χ4n) is 3.66. The van der Waals surface area contributed by atoms with Crippen molar-refractivity contribution in [1.82, 2.24) is 10.2 Å². The minimum atomic E-state index is -1.13. The third-order valence-corrected chi connectivity index (χ3v) is 5.90. The van der Waals surface area contributed by atoms with E-state index >= 15 is 0 Å². The van der Waals surface area contributed by atoms with Crippen molar-refractivity contribution < 1.29 is 24.4 Å². The topological polar surface area (TPSA) is 136 Å². The predicted molar refractivity (Wildman–Crippen MR) is 125 cm³/mol. The third-order valence-electron chi connectivity index (χ3n) is 5.06. The second-order valence-electron chi connectivity index (χ2n) is 7.82. The molecule has 2 aromatic carbocycles. The first-order chi connectivity index (χ1) is 16.2. The summed E-state index contributed by atoms with van der Waals surface area (Å²) < 4.78 is 5.61. The number of ketones is 1. The highest BCUT2D eigenvalue weighted by atomic mass is 32.1. The molecule has 0 aliphatic carbocycles. The monoisotopic (exact) mass is 480 g/mol. The second-order valence-corrected chi connectivity index (χ2v) is 8.98. The van der Waals surface area contributed by atoms with Gasteiger partial charge in [0.2, 0.25) is 5.13 Å². The minimum absolute atomic E-state index is 0.0472. The molecule has 10 nitrogen and oxygen atoms in total. The van der Waals surface area contributed by atoms with Gasteiger partial charge in [0, 0.05) is 17.7 Å². The zero-order valence-corrected chi connectivity index (χ0v) is 19.3. The summed E-state index contributed by atoms with van der Waals surface area (Å²) in [6.45, 7) is 5.45. The first-order valence-electron chi connectivity index (χ1n) is 10.3. The average Bonchev–Trinajstić information content (AvgIpc) is 3.34. The second kappa shape index (κ2) is 9.02. The van der Waals surface area contributed by atoms with E-state index < -0.39 is 28.4 Å². The molecule has 1 aliphatic rings. The lowest BCUT2D eigenvalue weighted by molar-refractivity contribution is -0.384. The Morgan fingerprint density at radius 3 is 2.47 bits per heavy atom. The summed E-state index contributed by atoms with van der Waals surface area (Å²) in [7, 11) is 0. The molecule has 1 amide bonds. The summed E-state index contributed by atoms with van der Waals surface area (Å²) in [5.41, 5.74) is 0.156. The maximum atomic E-state index is 13.1. The molecule has 1 aromatic heterocycles. The lowest BCUT2D eigenvalue weighted by Gasteiger charge is -2.22. The van der Waals surface area contributed by atoms with Gasteiger partial charge in [-0.2, -0.15) is 0 Å². The average molecular weight is 481 g/mol. The molecule has 0 bridgehead atoms. The van der Waals surface area contributed by atoms with Gasteiger partial charge in [0.25, 0.3) is 11.5 Å². The van der Waals surface area contributed by atoms with Gasteiger partial charge in [0.15, 0.2) is 0 Å². The molecule has 1 unspecified atom stereocenters. The molecule has 174 valence electrons. The molecule has 1 saturated heterocycles. The van der Waals surface area contributed by atoms with Crippen LogP contribution in [-0.2, 0) is 9.59 Å². The number of rotatable bonds is 6. The molecule has 34 heavy (non-hydrogen) atoms. The van der Waals surface area contributed by atoms with Crippen molar-refractivity contribution in [3.8, 4) is 5.75 Å². The standard InChI is InChI=1S/C23H20N4O6S/c1-12(2)33-17-9-7-14(8-10-17)20(28)18-19(15-5-4-6-16(11-15)27(31)32)26(22(30)21(18)29)23-25-24-13(3)34-23/h4-12,19,28H,1-3H3/b20-18+. The number of carbonyl (C=O) groups is 2. The van der Waals surface area contributed by atoms with Crippen LogP contribution >= 0.6 is 11.3 Å². The van der Waals surface area contributed by atoms with Crippen molar-refractivity contribution in [3.05, 3.63) is 80.4 Å². The molecular weight excluding hydrogens is 460 g/mol. The largest absolute Gasteiger partial charge is 0.507 e. The molecule has 4 rings (SSSR count). The maximum absolute atomic E-state index is 13.1. The molecule has 0 spiro atoms. The maximum Gasteiger partial charge on any atom is 0.301 e. The van der Waals surface area contributed by atoms with Gasteiger partial charge in [-0.15, -0.1) is 10.2 Å². The SMILES string of the molecule is Cc1nnc(N2C(=O)C(=O)/C(=C(/O)c3ccc(OC(C)C)cc3)C2c2cccc([N+](=O)[O-])c2)s1. The van der Waals surface area contributed by atoms with Crippen LogP contribution in [0.25, 0.3) is 5.76 Å². The van der Waals surface area contributed by atoms with Gasteiger partial charge in [0.1, 0.15) is 16.5 Å². The number of aliphatic hydroxyl groups is 1. The van der Waals surface area contributed by atoms with E-state index in [1.165, 1.54) is 18.2 Å². The highest BCUT2D eigenvalue weighted by molar-refractivity contribution is 7.15. The van der Waals surface area contributed by atoms with Crippen LogP contribution in [0.5, 0.6) is 5.75 Å². The van der Waals surface area contributed by atoms with Crippen molar-refractivity contribution in [2.24, 2.45) is 0 Å². The van der Waals surface area contributed by atoms with Crippen LogP contribution in [-0.4, -0.2) is 38.0 Å². The Bertz CT molecular complexity index is 1320. The molecule has 1 N–H and O–H groups in total. The molecular formula is C23H20N4O6S. The summed E-state index contributed by atoms with van der Waals surface area (Å²) >= 11 is 1.09. The quantitative estimate of drug-likeness (QED) is 0.183. The zero-order valence-electron chi connectivity index (χ0n) is 18.5. The van der Waals surface area contributed by atoms with Gasteiger partial charge >= 0.3 is 5.91 Å². The molecule has 2 heterocycles. The van der Waals surface area contributed by atoms with E-state index in [0.717, 1.165) is 16.2 Å². The number of nitro benzene ring substituents is 1. The number of Topliss-reactive ketones (excluding diaryl/α,β-unsaturated/α-hetero) is 1. The summed E-state index contributed by atoms with van der Waals surface area (Å²) in [6, 6.07) is 10.9. The minimum Gasteiger partial charge on any atom is -0.507 e. The van der Waals surface area contributed by atoms with Crippen LogP contribution in [0.3, 0.4) is 0 Å². The van der Waals surface area contributed by atoms with E-state index in [2.05, 4.69) is 10.2 Å². The van der Waals surface area contributed by atoms with Crippen molar-refractivity contribution in [3.63, 3.8) is 0 Å². The van der Waals surface area contributed by atoms with Crippen LogP contribution in [0.4, 0.5) is 10.8 Å². The number of hydrogen-bond acceptors (Lipinski definition) is 9. The number of aliphatic hydroxyl groups excluding tert-OH is 1. The lowest BCUT2D eigenvalue weighted by Crippen LogP contribution is -2.29. The molecule has 1 fully saturated rings. The highest BCUT2D eigenvalue weighted by Gasteiger charge is 2.48. The number of benzene rings is 2. The van der Waals surface area contributed by atoms with Crippen molar-refractivity contribution in [2.75, 3.05) is 4.90 Å². The van der Waals surface area contributed by atoms with Crippen LogP contribution in [0.2, 0.25) is 0 Å². The van der Waals surface area contributed by atoms with E-state index in [1.807, 2.05) is 13.8 Å². The molecule has 0 saturated carbocycles. The number of non-ortho nitro benzene ring substituents is 1. The number of nitro groups is 1. The van der Waals surface area contributed by atoms with Gasteiger partial charge in [0.05, 0.1) is 22.6 Å². The van der Waals surface area contributed by atoms with Gasteiger partial charge in [-0.1, -0.05) is 23.5 Å². The van der Waals surface area contributed by atoms with E-state index in [-0.39, 0.29) is 33.6 Å². The zero-order chi connectivity index (χ0) is 24.6. The van der Waals surface area contributed by atoms with Gasteiger partial charge in [-0.05, 0) is 50.6 Å². The number of amides is 1. The number of carbonyl (C=O) groups excluding carboxylic acids is 2. The number of hydrogen-bond donors (Lipinski definition) is 1. The Hall–Kier alpha value is -4.12. The van der Waals surface area contributed by atoms with E-state index in [1.54, 1.807) is 37.3 Å². The Labute approximate surface area is 198 Å². The first-order valence-corrected chi connectivity index (χ1v) is 11.1. The number of aryl methyl sites for hydroxylation is 1. The van der Waals surface area contributed by atoms with Gasteiger partial charge < -0.3 is 9.84 Å². The number of ether oxygens (including phenoxy) is 1. The molecule has 11 heteroatoms.